The van der Waals surface area contributed by atoms with Crippen LogP contribution in [0.3, 0.4) is 0 Å². The van der Waals surface area contributed by atoms with Crippen molar-refractivity contribution in [3.05, 3.63) is 50.4 Å². The quantitative estimate of drug-likeness (QED) is 0.613. The van der Waals surface area contributed by atoms with Crippen LogP contribution in [0.25, 0.3) is 0 Å². The van der Waals surface area contributed by atoms with Crippen molar-refractivity contribution in [1.29, 1.82) is 0 Å². The second kappa shape index (κ2) is 7.50. The summed E-state index contributed by atoms with van der Waals surface area (Å²) in [5.41, 5.74) is 2.01. The van der Waals surface area contributed by atoms with Gasteiger partial charge in [-0.2, -0.15) is 4.31 Å². The number of rotatable bonds is 4. The zero-order valence-corrected chi connectivity index (χ0v) is 18.6. The molecule has 0 amide bonds. The minimum Gasteiger partial charge on any atom is -0.493 e. The van der Waals surface area contributed by atoms with E-state index in [2.05, 4.69) is 31.9 Å². The molecule has 8 heteroatoms. The Bertz CT molecular complexity index is 946. The Balaban J connectivity index is 2.06. The van der Waals surface area contributed by atoms with E-state index in [4.69, 9.17) is 9.47 Å². The molecule has 0 aliphatic carbocycles. The summed E-state index contributed by atoms with van der Waals surface area (Å²) in [5, 5.41) is 0. The van der Waals surface area contributed by atoms with Crippen molar-refractivity contribution in [3.8, 4) is 11.5 Å². The predicted octanol–water partition coefficient (Wildman–Crippen LogP) is 4.54. The van der Waals surface area contributed by atoms with Crippen molar-refractivity contribution in [2.75, 3.05) is 20.8 Å². The van der Waals surface area contributed by atoms with Crippen LogP contribution >= 0.6 is 31.9 Å². The first-order valence-corrected chi connectivity index (χ1v) is 11.0. The van der Waals surface area contributed by atoms with E-state index in [0.717, 1.165) is 15.6 Å². The van der Waals surface area contributed by atoms with E-state index in [1.54, 1.807) is 32.4 Å². The molecule has 1 atom stereocenters. The highest BCUT2D eigenvalue weighted by Crippen LogP contribution is 2.40. The highest BCUT2D eigenvalue weighted by atomic mass is 79.9. The molecule has 0 bridgehead atoms. The van der Waals surface area contributed by atoms with Crippen LogP contribution in [0.4, 0.5) is 0 Å². The number of methoxy groups -OCH3 is 2. The molecule has 140 valence electrons. The number of benzene rings is 2. The fourth-order valence-corrected chi connectivity index (χ4v) is 6.33. The molecular formula is C18H19Br2NO4S. The van der Waals surface area contributed by atoms with Crippen molar-refractivity contribution < 1.29 is 17.9 Å². The molecule has 0 N–H and O–H groups in total. The summed E-state index contributed by atoms with van der Waals surface area (Å²) in [6.07, 6.45) is 0.616. The first-order chi connectivity index (χ1) is 12.3. The van der Waals surface area contributed by atoms with Crippen LogP contribution in [0.1, 0.15) is 24.1 Å². The largest absolute Gasteiger partial charge is 0.493 e. The standard InChI is InChI=1S/C18H19Br2NO4S/c1-11-14-10-17(25-3)16(24-2)8-12(14)6-7-21(11)26(22,23)18-9-13(19)4-5-15(18)20/h4-5,8-11H,6-7H2,1-3H3/t11-/m1/s1. The molecule has 0 aromatic heterocycles. The Kier molecular flexibility index (Phi) is 5.67. The number of sulfonamides is 1. The summed E-state index contributed by atoms with van der Waals surface area (Å²) in [7, 11) is -0.488. The summed E-state index contributed by atoms with van der Waals surface area (Å²) in [6.45, 7) is 2.30. The van der Waals surface area contributed by atoms with E-state index in [9.17, 15) is 8.42 Å². The molecule has 1 aliphatic rings. The zero-order chi connectivity index (χ0) is 19.1. The molecule has 0 radical (unpaired) electrons. The first-order valence-electron chi connectivity index (χ1n) is 8.01. The van der Waals surface area contributed by atoms with Gasteiger partial charge < -0.3 is 9.47 Å². The van der Waals surface area contributed by atoms with Gasteiger partial charge in [-0.15, -0.1) is 0 Å². The minimum absolute atomic E-state index is 0.252. The van der Waals surface area contributed by atoms with Crippen LogP contribution < -0.4 is 9.47 Å². The summed E-state index contributed by atoms with van der Waals surface area (Å²) in [4.78, 5) is 0.252. The maximum absolute atomic E-state index is 13.3. The van der Waals surface area contributed by atoms with Gasteiger partial charge in [-0.1, -0.05) is 15.9 Å². The fraction of sp³-hybridized carbons (Fsp3) is 0.333. The molecule has 0 saturated heterocycles. The molecule has 0 unspecified atom stereocenters. The highest BCUT2D eigenvalue weighted by molar-refractivity contribution is 9.11. The first kappa shape index (κ1) is 19.7. The smallest absolute Gasteiger partial charge is 0.244 e. The van der Waals surface area contributed by atoms with Crippen molar-refractivity contribution >= 4 is 41.9 Å². The summed E-state index contributed by atoms with van der Waals surface area (Å²) in [5.74, 6) is 1.26. The molecule has 0 saturated carbocycles. The van der Waals surface area contributed by atoms with Crippen LogP contribution in [0.5, 0.6) is 11.5 Å². The van der Waals surface area contributed by atoms with Crippen molar-refractivity contribution in [1.82, 2.24) is 4.31 Å². The van der Waals surface area contributed by atoms with Gasteiger partial charge in [0.15, 0.2) is 11.5 Å². The maximum atomic E-state index is 13.3. The average molecular weight is 505 g/mol. The molecule has 0 fully saturated rings. The van der Waals surface area contributed by atoms with Gasteiger partial charge in [0.1, 0.15) is 0 Å². The molecule has 2 aromatic rings. The minimum atomic E-state index is -3.66. The summed E-state index contributed by atoms with van der Waals surface area (Å²) >= 11 is 6.72. The third-order valence-corrected chi connectivity index (χ3v) is 8.07. The molecule has 0 spiro atoms. The lowest BCUT2D eigenvalue weighted by atomic mass is 9.94. The van der Waals surface area contributed by atoms with E-state index in [1.165, 1.54) is 4.31 Å². The third-order valence-electron chi connectivity index (χ3n) is 4.61. The predicted molar refractivity (Wildman–Crippen MR) is 107 cm³/mol. The van der Waals surface area contributed by atoms with Gasteiger partial charge in [0.25, 0.3) is 0 Å². The van der Waals surface area contributed by atoms with Crippen LogP contribution in [0, 0.1) is 0 Å². The number of hydrogen-bond acceptors (Lipinski definition) is 4. The van der Waals surface area contributed by atoms with Crippen LogP contribution in [-0.4, -0.2) is 33.5 Å². The van der Waals surface area contributed by atoms with Gasteiger partial charge in [0.2, 0.25) is 10.0 Å². The Hall–Kier alpha value is -1.09. The van der Waals surface area contributed by atoms with E-state index in [-0.39, 0.29) is 10.9 Å². The molecule has 5 nitrogen and oxygen atoms in total. The monoisotopic (exact) mass is 503 g/mol. The SMILES string of the molecule is COc1cc2c(cc1OC)[C@@H](C)N(S(=O)(=O)c1cc(Br)ccc1Br)CC2. The number of halogens is 2. The Morgan fingerprint density at radius 3 is 2.38 bits per heavy atom. The second-order valence-corrected chi connectivity index (χ2v) is 9.65. The van der Waals surface area contributed by atoms with E-state index in [0.29, 0.717) is 28.9 Å². The molecule has 1 aliphatic heterocycles. The molecule has 3 rings (SSSR count). The normalized spacial score (nSPS) is 17.7. The summed E-state index contributed by atoms with van der Waals surface area (Å²) in [6, 6.07) is 8.65. The van der Waals surface area contributed by atoms with E-state index < -0.39 is 10.0 Å². The van der Waals surface area contributed by atoms with Crippen molar-refractivity contribution in [2.45, 2.75) is 24.3 Å². The topological polar surface area (TPSA) is 55.8 Å². The van der Waals surface area contributed by atoms with Gasteiger partial charge in [-0.3, -0.25) is 0 Å². The number of fused-ring (bicyclic) bond motifs is 1. The molecular weight excluding hydrogens is 486 g/mol. The molecule has 2 aromatic carbocycles. The Morgan fingerprint density at radius 2 is 1.73 bits per heavy atom. The second-order valence-electron chi connectivity index (χ2n) is 6.02. The van der Waals surface area contributed by atoms with Crippen molar-refractivity contribution in [2.24, 2.45) is 0 Å². The lowest BCUT2D eigenvalue weighted by Crippen LogP contribution is -2.39. The lowest BCUT2D eigenvalue weighted by molar-refractivity contribution is 0.318. The van der Waals surface area contributed by atoms with E-state index in [1.807, 2.05) is 19.1 Å². The Labute approximate surface area is 170 Å². The number of ether oxygens (including phenoxy) is 2. The molecule has 26 heavy (non-hydrogen) atoms. The van der Waals surface area contributed by atoms with E-state index >= 15 is 0 Å². The van der Waals surface area contributed by atoms with Gasteiger partial charge in [0, 0.05) is 21.5 Å². The zero-order valence-electron chi connectivity index (χ0n) is 14.6. The number of hydrogen-bond donors (Lipinski definition) is 0. The Morgan fingerprint density at radius 1 is 1.08 bits per heavy atom. The van der Waals surface area contributed by atoms with Gasteiger partial charge >= 0.3 is 0 Å². The van der Waals surface area contributed by atoms with Gasteiger partial charge in [-0.25, -0.2) is 8.42 Å². The van der Waals surface area contributed by atoms with Crippen LogP contribution in [0.15, 0.2) is 44.2 Å². The van der Waals surface area contributed by atoms with Gasteiger partial charge in [-0.05, 0) is 70.7 Å². The van der Waals surface area contributed by atoms with Crippen LogP contribution in [0.2, 0.25) is 0 Å². The maximum Gasteiger partial charge on any atom is 0.244 e. The fourth-order valence-electron chi connectivity index (χ4n) is 3.25. The number of nitrogens with zero attached hydrogens (tertiary/aromatic N) is 1. The van der Waals surface area contributed by atoms with Gasteiger partial charge in [0.05, 0.1) is 19.1 Å². The van der Waals surface area contributed by atoms with Crippen LogP contribution in [-0.2, 0) is 16.4 Å². The highest BCUT2D eigenvalue weighted by Gasteiger charge is 2.35. The average Bonchev–Trinajstić information content (AvgIpc) is 2.62. The van der Waals surface area contributed by atoms with Crippen molar-refractivity contribution in [3.63, 3.8) is 0 Å². The summed E-state index contributed by atoms with van der Waals surface area (Å²) < 4.78 is 40.1. The lowest BCUT2D eigenvalue weighted by Gasteiger charge is -2.35. The molecule has 1 heterocycles. The third kappa shape index (κ3) is 3.40.